The molecule has 0 aliphatic rings. The number of hydrogen-bond acceptors (Lipinski definition) is 4. The van der Waals surface area contributed by atoms with Crippen molar-refractivity contribution >= 4 is 10.0 Å². The molecule has 0 heterocycles. The number of rotatable bonds is 7. The average Bonchev–Trinajstić information content (AvgIpc) is 2.44. The maximum Gasteiger partial charge on any atom is 0.241 e. The Hall–Kier alpha value is -1.46. The molecule has 0 unspecified atom stereocenters. The zero-order valence-electron chi connectivity index (χ0n) is 11.7. The van der Waals surface area contributed by atoms with Gasteiger partial charge in [0, 0.05) is 25.3 Å². The zero-order valence-corrected chi connectivity index (χ0v) is 12.5. The van der Waals surface area contributed by atoms with Crippen LogP contribution in [-0.4, -0.2) is 39.9 Å². The highest BCUT2D eigenvalue weighted by Crippen LogP contribution is 2.16. The second kappa shape index (κ2) is 8.74. The summed E-state index contributed by atoms with van der Waals surface area (Å²) in [5.74, 6) is 4.16. The summed E-state index contributed by atoms with van der Waals surface area (Å²) >= 11 is 0. The lowest BCUT2D eigenvalue weighted by Gasteiger charge is -2.09. The molecule has 0 radical (unpaired) electrons. The number of ether oxygens (including phenoxy) is 1. The Kier molecular flexibility index (Phi) is 7.32. The van der Waals surface area contributed by atoms with E-state index in [0.717, 1.165) is 18.2 Å². The Bertz CT molecular complexity index is 620. The van der Waals surface area contributed by atoms with Crippen molar-refractivity contribution in [3.63, 3.8) is 0 Å². The number of nitrogens with one attached hydrogen (secondary N) is 1. The molecule has 2 N–H and O–H groups in total. The first-order valence-corrected chi connectivity index (χ1v) is 7.96. The lowest BCUT2D eigenvalue weighted by Crippen LogP contribution is -2.26. The fourth-order valence-electron chi connectivity index (χ4n) is 1.57. The Morgan fingerprint density at radius 1 is 1.43 bits per heavy atom. The van der Waals surface area contributed by atoms with Gasteiger partial charge in [-0.3, -0.25) is 0 Å². The van der Waals surface area contributed by atoms with Gasteiger partial charge in [0.25, 0.3) is 0 Å². The minimum atomic E-state index is -3.78. The van der Waals surface area contributed by atoms with Crippen LogP contribution >= 0.6 is 0 Å². The number of halogens is 1. The molecule has 0 fully saturated rings. The molecule has 1 aromatic carbocycles. The van der Waals surface area contributed by atoms with Gasteiger partial charge < -0.3 is 9.84 Å². The van der Waals surface area contributed by atoms with Gasteiger partial charge in [-0.2, -0.15) is 0 Å². The van der Waals surface area contributed by atoms with Gasteiger partial charge in [-0.25, -0.2) is 17.5 Å². The Morgan fingerprint density at radius 2 is 2.19 bits per heavy atom. The van der Waals surface area contributed by atoms with Crippen molar-refractivity contribution < 1.29 is 22.7 Å². The topological polar surface area (TPSA) is 75.6 Å². The zero-order chi connectivity index (χ0) is 15.7. The van der Waals surface area contributed by atoms with Crippen LogP contribution in [0.4, 0.5) is 4.39 Å². The van der Waals surface area contributed by atoms with Crippen LogP contribution in [0.2, 0.25) is 0 Å². The lowest BCUT2D eigenvalue weighted by molar-refractivity contribution is 0.146. The van der Waals surface area contributed by atoms with Gasteiger partial charge in [-0.1, -0.05) is 11.8 Å². The summed E-state index contributed by atoms with van der Waals surface area (Å²) in [6.07, 6.45) is 0.534. The summed E-state index contributed by atoms with van der Waals surface area (Å²) < 4.78 is 45.0. The molecular weight excluding hydrogens is 297 g/mol. The van der Waals surface area contributed by atoms with Crippen molar-refractivity contribution in [3.8, 4) is 11.8 Å². The predicted octanol–water partition coefficient (Wildman–Crippen LogP) is 0.874. The summed E-state index contributed by atoms with van der Waals surface area (Å²) in [5, 5.41) is 8.67. The van der Waals surface area contributed by atoms with E-state index < -0.39 is 22.4 Å². The van der Waals surface area contributed by atoms with Crippen molar-refractivity contribution in [2.75, 3.05) is 26.4 Å². The van der Waals surface area contributed by atoms with Gasteiger partial charge in [0.15, 0.2) is 0 Å². The fraction of sp³-hybridized carbons (Fsp3) is 0.429. The van der Waals surface area contributed by atoms with Crippen LogP contribution in [0.1, 0.15) is 18.9 Å². The van der Waals surface area contributed by atoms with E-state index in [4.69, 9.17) is 9.84 Å². The predicted molar refractivity (Wildman–Crippen MR) is 76.7 cm³/mol. The number of benzene rings is 1. The van der Waals surface area contributed by atoms with Crippen molar-refractivity contribution in [1.29, 1.82) is 0 Å². The largest absolute Gasteiger partial charge is 0.384 e. The van der Waals surface area contributed by atoms with Gasteiger partial charge in [0.1, 0.15) is 12.4 Å². The van der Waals surface area contributed by atoms with Crippen molar-refractivity contribution in [1.82, 2.24) is 4.72 Å². The maximum absolute atomic E-state index is 13.2. The van der Waals surface area contributed by atoms with Gasteiger partial charge in [-0.05, 0) is 31.5 Å². The quantitative estimate of drug-likeness (QED) is 0.578. The molecule has 0 saturated heterocycles. The second-order valence-corrected chi connectivity index (χ2v) is 5.78. The summed E-state index contributed by atoms with van der Waals surface area (Å²) in [6, 6.07) is 3.23. The van der Waals surface area contributed by atoms with Gasteiger partial charge >= 0.3 is 0 Å². The minimum absolute atomic E-state index is 0.0151. The van der Waals surface area contributed by atoms with Crippen molar-refractivity contribution in [3.05, 3.63) is 29.6 Å². The van der Waals surface area contributed by atoms with Crippen LogP contribution in [-0.2, 0) is 14.8 Å². The summed E-state index contributed by atoms with van der Waals surface area (Å²) in [4.78, 5) is -0.110. The van der Waals surface area contributed by atoms with E-state index >= 15 is 0 Å². The standard InChI is InChI=1S/C14H18FNO4S/c1-2-20-10-4-8-16-21(18,19)14-7-6-13(15)11-12(14)5-3-9-17/h6-7,11,16-17H,2,4,8-10H2,1H3. The summed E-state index contributed by atoms with van der Waals surface area (Å²) in [7, 11) is -3.78. The first kappa shape index (κ1) is 17.6. The Balaban J connectivity index is 2.87. The highest BCUT2D eigenvalue weighted by molar-refractivity contribution is 7.89. The number of aliphatic hydroxyl groups is 1. The molecule has 0 atom stereocenters. The molecule has 5 nitrogen and oxygen atoms in total. The van der Waals surface area contributed by atoms with E-state index in [2.05, 4.69) is 16.6 Å². The number of hydrogen-bond donors (Lipinski definition) is 2. The molecule has 1 rings (SSSR count). The van der Waals surface area contributed by atoms with Gasteiger partial charge in [-0.15, -0.1) is 0 Å². The summed E-state index contributed by atoms with van der Waals surface area (Å²) in [5.41, 5.74) is 0.0151. The maximum atomic E-state index is 13.2. The van der Waals surface area contributed by atoms with Crippen LogP contribution in [0, 0.1) is 17.7 Å². The highest BCUT2D eigenvalue weighted by atomic mass is 32.2. The van der Waals surface area contributed by atoms with E-state index in [-0.39, 0.29) is 17.0 Å². The van der Waals surface area contributed by atoms with Gasteiger partial charge in [0.05, 0.1) is 4.90 Å². The van der Waals surface area contributed by atoms with E-state index in [1.807, 2.05) is 6.92 Å². The van der Waals surface area contributed by atoms with E-state index in [1.165, 1.54) is 0 Å². The third-order valence-electron chi connectivity index (χ3n) is 2.49. The monoisotopic (exact) mass is 315 g/mol. The molecule has 116 valence electrons. The third-order valence-corrected chi connectivity index (χ3v) is 4.01. The van der Waals surface area contributed by atoms with E-state index in [0.29, 0.717) is 19.6 Å². The molecular formula is C14H18FNO4S. The normalized spacial score (nSPS) is 11.0. The Morgan fingerprint density at radius 3 is 2.86 bits per heavy atom. The number of aliphatic hydroxyl groups excluding tert-OH is 1. The molecule has 1 aromatic rings. The fourth-order valence-corrected chi connectivity index (χ4v) is 2.79. The van der Waals surface area contributed by atoms with Crippen molar-refractivity contribution in [2.45, 2.75) is 18.2 Å². The average molecular weight is 315 g/mol. The lowest BCUT2D eigenvalue weighted by atomic mass is 10.2. The smallest absolute Gasteiger partial charge is 0.241 e. The molecule has 0 saturated carbocycles. The first-order chi connectivity index (χ1) is 10.0. The van der Waals surface area contributed by atoms with Crippen LogP contribution in [0.3, 0.4) is 0 Å². The Labute approximate surface area is 124 Å². The molecule has 0 aromatic heterocycles. The number of sulfonamides is 1. The third kappa shape index (κ3) is 5.81. The molecule has 7 heteroatoms. The SMILES string of the molecule is CCOCCCNS(=O)(=O)c1ccc(F)cc1C#CCO. The molecule has 0 amide bonds. The second-order valence-electron chi connectivity index (χ2n) is 4.05. The van der Waals surface area contributed by atoms with Crippen LogP contribution < -0.4 is 4.72 Å². The molecule has 0 aliphatic carbocycles. The molecule has 0 bridgehead atoms. The molecule has 0 spiro atoms. The first-order valence-electron chi connectivity index (χ1n) is 6.48. The minimum Gasteiger partial charge on any atom is -0.384 e. The van der Waals surface area contributed by atoms with Crippen molar-refractivity contribution in [2.24, 2.45) is 0 Å². The molecule has 0 aliphatic heterocycles. The van der Waals surface area contributed by atoms with Crippen LogP contribution in [0.15, 0.2) is 23.1 Å². The summed E-state index contributed by atoms with van der Waals surface area (Å²) in [6.45, 7) is 2.67. The van der Waals surface area contributed by atoms with Crippen LogP contribution in [0.5, 0.6) is 0 Å². The molecule has 21 heavy (non-hydrogen) atoms. The van der Waals surface area contributed by atoms with Gasteiger partial charge in [0.2, 0.25) is 10.0 Å². The highest BCUT2D eigenvalue weighted by Gasteiger charge is 2.17. The van der Waals surface area contributed by atoms with E-state index in [1.54, 1.807) is 0 Å². The van der Waals surface area contributed by atoms with Crippen LogP contribution in [0.25, 0.3) is 0 Å². The van der Waals surface area contributed by atoms with E-state index in [9.17, 15) is 12.8 Å².